The van der Waals surface area contributed by atoms with Gasteiger partial charge >= 0.3 is 25.0 Å². The Labute approximate surface area is 727 Å². The summed E-state index contributed by atoms with van der Waals surface area (Å²) in [6, 6.07) is 67.1. The highest BCUT2D eigenvalue weighted by Gasteiger charge is 2.51. The summed E-state index contributed by atoms with van der Waals surface area (Å²) in [6.07, 6.45) is 0. The summed E-state index contributed by atoms with van der Waals surface area (Å²) in [5.41, 5.74) is 7.43. The van der Waals surface area contributed by atoms with E-state index in [9.17, 15) is 38.7 Å². The molecule has 0 unspecified atom stereocenters. The number of carbonyl (C=O) groups excluding carboxylic acids is 5. The van der Waals surface area contributed by atoms with Gasteiger partial charge in [-0.2, -0.15) is 0 Å². The second kappa shape index (κ2) is 45.7. The summed E-state index contributed by atoms with van der Waals surface area (Å²) in [5.74, 6) is 2.52. The van der Waals surface area contributed by atoms with E-state index < -0.39 is 17.9 Å². The van der Waals surface area contributed by atoms with Gasteiger partial charge < -0.3 is 88.2 Å². The molecule has 35 heteroatoms. The van der Waals surface area contributed by atoms with Crippen LogP contribution in [-0.2, 0) is 46.3 Å². The van der Waals surface area contributed by atoms with Gasteiger partial charge in [-0.1, -0.05) is 130 Å². The molecule has 0 saturated carbocycles. The molecule has 34 nitrogen and oxygen atoms in total. The molecule has 1 fully saturated rings. The molecule has 4 heterocycles. The Balaban J connectivity index is 0.000000179. The van der Waals surface area contributed by atoms with Gasteiger partial charge in [0.15, 0.2) is 0 Å². The summed E-state index contributed by atoms with van der Waals surface area (Å²) in [6.45, 7) is 20.0. The Hall–Kier alpha value is -15.1. The van der Waals surface area contributed by atoms with E-state index in [1.807, 2.05) is 222 Å². The zero-order chi connectivity index (χ0) is 90.1. The van der Waals surface area contributed by atoms with Gasteiger partial charge in [-0.25, -0.2) is 28.8 Å². The summed E-state index contributed by atoms with van der Waals surface area (Å²) < 4.78 is 70.3. The van der Waals surface area contributed by atoms with Crippen molar-refractivity contribution in [1.82, 2.24) is 66.7 Å². The van der Waals surface area contributed by atoms with Crippen molar-refractivity contribution in [1.29, 1.82) is 0 Å². The van der Waals surface area contributed by atoms with E-state index in [4.69, 9.17) is 61.8 Å². The largest absolute Gasteiger partial charge is 0.497 e. The van der Waals surface area contributed by atoms with Gasteiger partial charge in [0.05, 0.1) is 71.3 Å². The number of aromatic carboxylic acids is 2. The van der Waals surface area contributed by atoms with Crippen molar-refractivity contribution >= 4 is 54.1 Å². The van der Waals surface area contributed by atoms with Crippen LogP contribution < -0.4 is 69.4 Å². The minimum atomic E-state index is -1.23. The molecule has 3 aromatic heterocycles. The van der Waals surface area contributed by atoms with Crippen LogP contribution in [0.25, 0.3) is 33.4 Å². The van der Waals surface area contributed by atoms with Crippen molar-refractivity contribution in [3.63, 3.8) is 0 Å². The minimum absolute atomic E-state index is 0.00327. The number of esters is 1. The van der Waals surface area contributed by atoms with Crippen LogP contribution in [0.3, 0.4) is 0 Å². The number of carboxylic acids is 2. The molecule has 0 aliphatic carbocycles. The highest BCUT2D eigenvalue weighted by atomic mass is 16.7. The molecule has 0 spiro atoms. The molecule has 656 valence electrons. The van der Waals surface area contributed by atoms with Crippen LogP contribution >= 0.6 is 0 Å². The van der Waals surface area contributed by atoms with Crippen LogP contribution in [0.2, 0.25) is 0 Å². The first-order chi connectivity index (χ1) is 60.6. The van der Waals surface area contributed by atoms with E-state index in [-0.39, 0.29) is 89.8 Å². The van der Waals surface area contributed by atoms with E-state index in [0.29, 0.717) is 99.4 Å². The number of nitrogens with one attached hydrogen (secondary N) is 5. The number of carboxylic acid groups (broad SMARTS) is 2. The number of benzene rings is 9. The highest BCUT2D eigenvalue weighted by molar-refractivity contribution is 6.62. The zero-order valence-corrected chi connectivity index (χ0v) is 71.4. The number of ether oxygens (including phenoxy) is 10. The first-order valence-corrected chi connectivity index (χ1v) is 39.9. The lowest BCUT2D eigenvalue weighted by molar-refractivity contribution is -0.119. The molecule has 9 aromatic carbocycles. The molecule has 0 atom stereocenters. The smallest absolute Gasteiger partial charge is 0.494 e. The molecule has 12 aromatic rings. The predicted molar refractivity (Wildman–Crippen MR) is 465 cm³/mol. The summed E-state index contributed by atoms with van der Waals surface area (Å²) in [5, 5.41) is 54.6. The van der Waals surface area contributed by atoms with Gasteiger partial charge in [0.1, 0.15) is 78.2 Å². The van der Waals surface area contributed by atoms with Crippen molar-refractivity contribution in [2.45, 2.75) is 86.6 Å². The molecule has 1 saturated heterocycles. The number of aromatic amines is 1. The van der Waals surface area contributed by atoms with Crippen LogP contribution in [0.4, 0.5) is 0 Å². The molecule has 1 aliphatic heterocycles. The lowest BCUT2D eigenvalue weighted by atomic mass is 9.79. The summed E-state index contributed by atoms with van der Waals surface area (Å²) in [4.78, 5) is 78.7. The Kier molecular flexibility index (Phi) is 33.8. The molecule has 13 rings (SSSR count). The number of nitrogens with zero attached hydrogens (tertiary/aromatic N) is 8. The number of H-pyrrole nitrogens is 1. The zero-order valence-electron chi connectivity index (χ0n) is 71.4. The van der Waals surface area contributed by atoms with Gasteiger partial charge in [-0.3, -0.25) is 19.2 Å². The standard InChI is InChI=1S/C29H30N4O6.C27H26N4O6.C19H18N4O5.C16H24BNO4/c1-4-37-29(35)27-28(33(32-31-27)19-21-5-11-24(36-3)12-6-21)39-26-15-9-23(10-16-26)22-7-13-25(14-8-22)38-18-17-30-20(2)34;1-18(32)28-15-16-36-23-11-5-20(6-12-23)21-7-13-24(14-8-21)37-26-25(27(33)34)29-30-31(26)17-19-3-9-22(35-2)10-4-19;1-12(24)20-10-11-27-15-6-2-13(3-7-15)14-4-8-16(9-5-14)28-18-17(19(25)26)21-23-22-18;1-12(19)18-10-11-20-14-8-6-13(7-9-14)17-21-15(2,3)16(4,5)22-17/h5-16H,4,17-19H2,1-3H3,(H,30,34);3-14H,15-17H2,1-2H3,(H,28,32)(H,33,34);2-9H,10-11H2,1H3,(H,20,24)(H,25,26)(H,21,22,23);6-9H,10-11H2,1-5H3,(H,18,19). The Morgan fingerprint density at radius 3 is 1.01 bits per heavy atom. The number of amides is 4. The van der Waals surface area contributed by atoms with Crippen LogP contribution in [0.1, 0.15) is 105 Å². The number of carbonyl (C=O) groups is 7. The monoisotopic (exact) mass is 1720 g/mol. The molecule has 7 N–H and O–H groups in total. The SMILES string of the molecule is CC(=O)NCCOc1ccc(-c2ccc(Oc3nn[nH]c3C(=O)O)cc2)cc1.CC(=O)NCCOc1ccc(B2OC(C)(C)C(C)(C)O2)cc1.CCOC(=O)c1nnn(Cc2ccc(OC)cc2)c1Oc1ccc(-c2ccc(OCCNC(C)=O)cc2)cc1.COc1ccc(Cn2nnc(C(=O)O)c2Oc2ccc(-c3ccc(OCCNC(C)=O)cc3)cc2)cc1. The Bertz CT molecular complexity index is 5530. The van der Waals surface area contributed by atoms with Crippen molar-refractivity contribution in [2.24, 2.45) is 0 Å². The number of aromatic nitrogens is 9. The van der Waals surface area contributed by atoms with E-state index in [1.54, 1.807) is 45.4 Å². The molecular formula is C91H98BN13O21. The quantitative estimate of drug-likeness (QED) is 0.0109. The Morgan fingerprint density at radius 1 is 0.397 bits per heavy atom. The lowest BCUT2D eigenvalue weighted by Gasteiger charge is -2.32. The first-order valence-electron chi connectivity index (χ1n) is 39.9. The van der Waals surface area contributed by atoms with Gasteiger partial charge in [0, 0.05) is 27.7 Å². The lowest BCUT2D eigenvalue weighted by Crippen LogP contribution is -2.41. The van der Waals surface area contributed by atoms with Crippen molar-refractivity contribution in [2.75, 3.05) is 73.4 Å². The molecule has 4 amide bonds. The fourth-order valence-electron chi connectivity index (χ4n) is 11.7. The van der Waals surface area contributed by atoms with Gasteiger partial charge in [-0.05, 0) is 194 Å². The third-order valence-corrected chi connectivity index (χ3v) is 18.9. The number of hydrogen-bond donors (Lipinski definition) is 7. The van der Waals surface area contributed by atoms with Gasteiger partial charge in [0.25, 0.3) is 17.6 Å². The number of rotatable bonds is 36. The molecule has 1 aliphatic rings. The second-order valence-corrected chi connectivity index (χ2v) is 28.8. The second-order valence-electron chi connectivity index (χ2n) is 28.8. The average Bonchev–Trinajstić information content (AvgIpc) is 1.63. The van der Waals surface area contributed by atoms with Crippen molar-refractivity contribution in [3.05, 3.63) is 247 Å². The van der Waals surface area contributed by atoms with Crippen LogP contribution in [0.15, 0.2) is 218 Å². The van der Waals surface area contributed by atoms with E-state index >= 15 is 0 Å². The highest BCUT2D eigenvalue weighted by Crippen LogP contribution is 2.38. The maximum Gasteiger partial charge on any atom is 0.494 e. The third-order valence-electron chi connectivity index (χ3n) is 18.9. The van der Waals surface area contributed by atoms with Gasteiger partial charge in [-0.15, -0.1) is 10.2 Å². The van der Waals surface area contributed by atoms with Crippen LogP contribution in [0.5, 0.6) is 69.4 Å². The normalized spacial score (nSPS) is 12.0. The van der Waals surface area contributed by atoms with Crippen LogP contribution in [0, 0.1) is 0 Å². The number of methoxy groups -OCH3 is 2. The van der Waals surface area contributed by atoms with E-state index in [0.717, 1.165) is 61.5 Å². The van der Waals surface area contributed by atoms with Crippen molar-refractivity contribution in [3.8, 4) is 103 Å². The van der Waals surface area contributed by atoms with Crippen LogP contribution in [-0.4, -0.2) is 189 Å². The maximum absolute atomic E-state index is 12.5. The molecule has 0 bridgehead atoms. The maximum atomic E-state index is 12.5. The average molecular weight is 1720 g/mol. The topological polar surface area (TPSA) is 422 Å². The van der Waals surface area contributed by atoms with Crippen molar-refractivity contribution < 1.29 is 100 Å². The Morgan fingerprint density at radius 2 is 0.698 bits per heavy atom. The number of hydrogen-bond acceptors (Lipinski definition) is 25. The third kappa shape index (κ3) is 28.0. The van der Waals surface area contributed by atoms with E-state index in [2.05, 4.69) is 57.3 Å². The van der Waals surface area contributed by atoms with E-state index in [1.165, 1.54) is 37.1 Å². The first kappa shape index (κ1) is 93.1. The fourth-order valence-corrected chi connectivity index (χ4v) is 11.7. The van der Waals surface area contributed by atoms with Gasteiger partial charge in [0.2, 0.25) is 40.7 Å². The molecule has 0 radical (unpaired) electrons. The summed E-state index contributed by atoms with van der Waals surface area (Å²) in [7, 11) is 2.83. The predicted octanol–water partition coefficient (Wildman–Crippen LogP) is 12.5. The fraction of sp³-hybridized carbons (Fsp3) is 0.264. The molecular weight excluding hydrogens is 1620 g/mol. The minimum Gasteiger partial charge on any atom is -0.497 e. The summed E-state index contributed by atoms with van der Waals surface area (Å²) >= 11 is 0. The molecule has 126 heavy (non-hydrogen) atoms.